The molecule has 20 heavy (non-hydrogen) atoms. The van der Waals surface area contributed by atoms with Gasteiger partial charge >= 0.3 is 0 Å². The van der Waals surface area contributed by atoms with Crippen LogP contribution in [-0.2, 0) is 11.8 Å². The van der Waals surface area contributed by atoms with E-state index in [2.05, 4.69) is 40.4 Å². The minimum atomic E-state index is 0.321. The minimum absolute atomic E-state index is 0.321. The van der Waals surface area contributed by atoms with Gasteiger partial charge in [0.25, 0.3) is 0 Å². The SMILES string of the molecule is c1ccc2c(c1)CC1(c3cnc[nH]3)C3CCC(CC3)C21. The van der Waals surface area contributed by atoms with E-state index in [1.54, 1.807) is 11.1 Å². The molecule has 0 aliphatic heterocycles. The van der Waals surface area contributed by atoms with Gasteiger partial charge in [-0.1, -0.05) is 24.3 Å². The maximum Gasteiger partial charge on any atom is 0.0921 e. The van der Waals surface area contributed by atoms with Gasteiger partial charge in [-0.25, -0.2) is 4.98 Å². The molecular weight excluding hydrogens is 244 g/mol. The van der Waals surface area contributed by atoms with E-state index in [1.165, 1.54) is 37.8 Å². The molecule has 1 heterocycles. The van der Waals surface area contributed by atoms with Crippen molar-refractivity contribution in [2.45, 2.75) is 43.4 Å². The highest BCUT2D eigenvalue weighted by Crippen LogP contribution is 2.65. The topological polar surface area (TPSA) is 28.7 Å². The molecule has 6 rings (SSSR count). The van der Waals surface area contributed by atoms with Crippen molar-refractivity contribution in [2.24, 2.45) is 11.8 Å². The zero-order valence-corrected chi connectivity index (χ0v) is 11.7. The van der Waals surface area contributed by atoms with Gasteiger partial charge in [-0.2, -0.15) is 0 Å². The van der Waals surface area contributed by atoms with E-state index in [-0.39, 0.29) is 0 Å². The van der Waals surface area contributed by atoms with Gasteiger partial charge in [0.1, 0.15) is 0 Å². The molecule has 1 N–H and O–H groups in total. The van der Waals surface area contributed by atoms with E-state index in [0.29, 0.717) is 5.41 Å². The van der Waals surface area contributed by atoms with Crippen LogP contribution in [0.2, 0.25) is 0 Å². The van der Waals surface area contributed by atoms with Crippen LogP contribution < -0.4 is 0 Å². The number of aromatic amines is 1. The zero-order chi connectivity index (χ0) is 13.2. The van der Waals surface area contributed by atoms with E-state index in [4.69, 9.17) is 0 Å². The molecule has 2 unspecified atom stereocenters. The predicted molar refractivity (Wildman–Crippen MR) is 78.6 cm³/mol. The van der Waals surface area contributed by atoms with Gasteiger partial charge in [-0.3, -0.25) is 0 Å². The normalized spacial score (nSPS) is 37.7. The summed E-state index contributed by atoms with van der Waals surface area (Å²) in [4.78, 5) is 7.82. The molecule has 2 atom stereocenters. The second-order valence-electron chi connectivity index (χ2n) is 6.97. The Bertz CT molecular complexity index is 637. The smallest absolute Gasteiger partial charge is 0.0921 e. The first-order valence-electron chi connectivity index (χ1n) is 7.96. The van der Waals surface area contributed by atoms with Crippen LogP contribution in [0.1, 0.15) is 48.4 Å². The van der Waals surface area contributed by atoms with E-state index in [9.17, 15) is 0 Å². The van der Waals surface area contributed by atoms with Crippen LogP contribution in [0.15, 0.2) is 36.8 Å². The number of hydrogen-bond acceptors (Lipinski definition) is 1. The average molecular weight is 264 g/mol. The van der Waals surface area contributed by atoms with Crippen LogP contribution in [-0.4, -0.2) is 9.97 Å². The van der Waals surface area contributed by atoms with Crippen molar-refractivity contribution < 1.29 is 0 Å². The third-order valence-electron chi connectivity index (χ3n) is 6.40. The van der Waals surface area contributed by atoms with Crippen molar-refractivity contribution in [3.8, 4) is 0 Å². The van der Waals surface area contributed by atoms with Crippen LogP contribution in [0, 0.1) is 11.8 Å². The molecule has 4 aliphatic rings. The summed E-state index contributed by atoms with van der Waals surface area (Å²) in [6, 6.07) is 9.17. The summed E-state index contributed by atoms with van der Waals surface area (Å²) in [6.45, 7) is 0. The number of H-pyrrole nitrogens is 1. The van der Waals surface area contributed by atoms with Gasteiger partial charge in [0.15, 0.2) is 0 Å². The molecule has 102 valence electrons. The zero-order valence-electron chi connectivity index (χ0n) is 11.7. The molecule has 0 radical (unpaired) electrons. The number of hydrogen-bond donors (Lipinski definition) is 1. The maximum absolute atomic E-state index is 4.34. The van der Waals surface area contributed by atoms with Gasteiger partial charge in [-0.15, -0.1) is 0 Å². The summed E-state index contributed by atoms with van der Waals surface area (Å²) in [7, 11) is 0. The summed E-state index contributed by atoms with van der Waals surface area (Å²) >= 11 is 0. The first-order chi connectivity index (χ1) is 9.89. The molecule has 2 heteroatoms. The molecule has 2 aromatic rings. The van der Waals surface area contributed by atoms with Crippen molar-refractivity contribution >= 4 is 0 Å². The van der Waals surface area contributed by atoms with Crippen molar-refractivity contribution in [3.63, 3.8) is 0 Å². The lowest BCUT2D eigenvalue weighted by molar-refractivity contribution is 0.0432. The Morgan fingerprint density at radius 1 is 1.10 bits per heavy atom. The van der Waals surface area contributed by atoms with Gasteiger partial charge in [0.2, 0.25) is 0 Å². The Kier molecular flexibility index (Phi) is 2.09. The Balaban J connectivity index is 1.76. The van der Waals surface area contributed by atoms with Crippen molar-refractivity contribution in [1.29, 1.82) is 0 Å². The lowest BCUT2D eigenvalue weighted by Gasteiger charge is -2.54. The summed E-state index contributed by atoms with van der Waals surface area (Å²) in [5.41, 5.74) is 4.94. The first kappa shape index (κ1) is 11.1. The quantitative estimate of drug-likeness (QED) is 0.833. The molecule has 2 nitrogen and oxygen atoms in total. The molecule has 0 saturated heterocycles. The number of imidazole rings is 1. The molecule has 3 saturated carbocycles. The Morgan fingerprint density at radius 3 is 2.75 bits per heavy atom. The Morgan fingerprint density at radius 2 is 1.95 bits per heavy atom. The van der Waals surface area contributed by atoms with Gasteiger partial charge in [-0.05, 0) is 61.0 Å². The first-order valence-corrected chi connectivity index (χ1v) is 7.96. The minimum Gasteiger partial charge on any atom is -0.348 e. The fourth-order valence-corrected chi connectivity index (χ4v) is 5.73. The number of nitrogens with zero attached hydrogens (tertiary/aromatic N) is 1. The predicted octanol–water partition coefficient (Wildman–Crippen LogP) is 3.81. The highest BCUT2D eigenvalue weighted by atomic mass is 14.9. The van der Waals surface area contributed by atoms with Gasteiger partial charge in [0.05, 0.1) is 6.33 Å². The third-order valence-corrected chi connectivity index (χ3v) is 6.40. The second kappa shape index (κ2) is 3.75. The van der Waals surface area contributed by atoms with Crippen LogP contribution in [0.5, 0.6) is 0 Å². The lowest BCUT2D eigenvalue weighted by Crippen LogP contribution is -2.50. The summed E-state index contributed by atoms with van der Waals surface area (Å²) < 4.78 is 0. The van der Waals surface area contributed by atoms with Gasteiger partial charge < -0.3 is 4.98 Å². The van der Waals surface area contributed by atoms with Crippen LogP contribution in [0.4, 0.5) is 0 Å². The average Bonchev–Trinajstić information content (AvgIpc) is 3.15. The number of benzene rings is 1. The Hall–Kier alpha value is -1.57. The van der Waals surface area contributed by atoms with Crippen molar-refractivity contribution in [3.05, 3.63) is 53.6 Å². The largest absolute Gasteiger partial charge is 0.348 e. The number of nitrogens with one attached hydrogen (secondary N) is 1. The third kappa shape index (κ3) is 1.19. The van der Waals surface area contributed by atoms with E-state index in [0.717, 1.165) is 17.8 Å². The molecule has 1 aromatic carbocycles. The molecule has 0 amide bonds. The van der Waals surface area contributed by atoms with Crippen molar-refractivity contribution in [1.82, 2.24) is 9.97 Å². The fraction of sp³-hybridized carbons (Fsp3) is 0.500. The van der Waals surface area contributed by atoms with Crippen molar-refractivity contribution in [2.75, 3.05) is 0 Å². The van der Waals surface area contributed by atoms with Gasteiger partial charge in [0, 0.05) is 17.3 Å². The maximum atomic E-state index is 4.34. The second-order valence-corrected chi connectivity index (χ2v) is 6.97. The molecule has 0 spiro atoms. The number of aromatic nitrogens is 2. The van der Waals surface area contributed by atoms with E-state index < -0.39 is 0 Å². The molecule has 4 aliphatic carbocycles. The monoisotopic (exact) mass is 264 g/mol. The molecule has 3 fully saturated rings. The summed E-state index contributed by atoms with van der Waals surface area (Å²) in [6.07, 6.45) is 10.9. The van der Waals surface area contributed by atoms with Crippen LogP contribution >= 0.6 is 0 Å². The van der Waals surface area contributed by atoms with E-state index in [1.807, 2.05) is 6.33 Å². The van der Waals surface area contributed by atoms with Crippen LogP contribution in [0.3, 0.4) is 0 Å². The molecular formula is C18H20N2. The van der Waals surface area contributed by atoms with E-state index >= 15 is 0 Å². The van der Waals surface area contributed by atoms with Crippen LogP contribution in [0.25, 0.3) is 0 Å². The Labute approximate surface area is 119 Å². The summed E-state index contributed by atoms with van der Waals surface area (Å²) in [5.74, 6) is 2.45. The highest BCUT2D eigenvalue weighted by Gasteiger charge is 2.59. The summed E-state index contributed by atoms with van der Waals surface area (Å²) in [5, 5.41) is 0. The standard InChI is InChI=1S/C18H20N2/c1-2-4-15-13(3-1)9-18(16-10-19-11-20-16)14-7-5-12(6-8-14)17(15)18/h1-4,10-12,14,17H,5-9H2,(H,19,20). The molecule has 2 bridgehead atoms. The fourth-order valence-electron chi connectivity index (χ4n) is 5.73. The number of fused-ring (bicyclic) bond motifs is 3. The lowest BCUT2D eigenvalue weighted by atomic mass is 9.49. The highest BCUT2D eigenvalue weighted by molar-refractivity contribution is 5.47. The molecule has 1 aromatic heterocycles. The number of rotatable bonds is 1.